The minimum absolute atomic E-state index is 0.0120. The van der Waals surface area contributed by atoms with Gasteiger partial charge in [-0.2, -0.15) is 0 Å². The smallest absolute Gasteiger partial charge is 0.182 e. The van der Waals surface area contributed by atoms with E-state index in [0.717, 1.165) is 0 Å². The molecular formula is C21H28ClFO5. The van der Waals surface area contributed by atoms with Crippen molar-refractivity contribution >= 4 is 23.2 Å². The van der Waals surface area contributed by atoms with Gasteiger partial charge in [0.05, 0.1) is 23.5 Å². The maximum absolute atomic E-state index is 16.7. The van der Waals surface area contributed by atoms with Crippen molar-refractivity contribution in [3.8, 4) is 12.3 Å². The summed E-state index contributed by atoms with van der Waals surface area (Å²) in [6.45, 7) is 3.13. The number of alkyl halides is 2. The summed E-state index contributed by atoms with van der Waals surface area (Å²) in [7, 11) is 0. The Morgan fingerprint density at radius 1 is 1.32 bits per heavy atom. The van der Waals surface area contributed by atoms with Gasteiger partial charge in [-0.05, 0) is 38.5 Å². The van der Waals surface area contributed by atoms with Gasteiger partial charge in [-0.3, -0.25) is 9.59 Å². The summed E-state index contributed by atoms with van der Waals surface area (Å²) >= 11 is 5.68. The van der Waals surface area contributed by atoms with Crippen molar-refractivity contribution < 1.29 is 29.3 Å². The molecule has 3 N–H and O–H groups in total. The highest BCUT2D eigenvalue weighted by molar-refractivity contribution is 6.29. The van der Waals surface area contributed by atoms with Crippen molar-refractivity contribution in [2.24, 2.45) is 22.7 Å². The van der Waals surface area contributed by atoms with Crippen molar-refractivity contribution in [1.82, 2.24) is 0 Å². The van der Waals surface area contributed by atoms with E-state index in [2.05, 4.69) is 5.92 Å². The first-order valence-electron chi connectivity index (χ1n) is 9.78. The molecule has 3 aliphatic rings. The van der Waals surface area contributed by atoms with Crippen LogP contribution in [-0.4, -0.2) is 56.2 Å². The van der Waals surface area contributed by atoms with Crippen LogP contribution in [0.3, 0.4) is 0 Å². The van der Waals surface area contributed by atoms with Gasteiger partial charge in [0.25, 0.3) is 0 Å². The van der Waals surface area contributed by atoms with Gasteiger partial charge in [0.2, 0.25) is 0 Å². The molecule has 3 fully saturated rings. The minimum Gasteiger partial charge on any atom is -0.390 e. The van der Waals surface area contributed by atoms with Crippen LogP contribution in [-0.2, 0) is 9.59 Å². The van der Waals surface area contributed by atoms with E-state index in [1.807, 2.05) is 0 Å². The quantitative estimate of drug-likeness (QED) is 0.481. The molecule has 3 saturated carbocycles. The van der Waals surface area contributed by atoms with E-state index in [0.29, 0.717) is 0 Å². The number of hydrogen-bond donors (Lipinski definition) is 3. The first-order chi connectivity index (χ1) is 12.9. The molecule has 0 bridgehead atoms. The standard InChI is InChI=1S/C21H28ClFO5/c1-4-5-8-18(2)14(24)7-6-12-13-9-15(25)21(28,17(27)11-22)19(13,3)10-16(26)20(12,18)23/h1,12-13,15-16,25-26,28H,5-11H2,2-3H3/t12-,13-,15+,16-,18-,19-,20?,21-/m0/s1. The van der Waals surface area contributed by atoms with Gasteiger partial charge in [-0.1, -0.05) is 6.92 Å². The van der Waals surface area contributed by atoms with E-state index in [-0.39, 0.29) is 44.3 Å². The SMILES string of the molecule is C#CCC[C@@]1(C)C(=O)CC[C@H]2[C@@H]3C[C@@H](O)[C@](O)(C(=O)CCl)[C@@]3(C)C[C@H](O)C21F. The number of carbonyl (C=O) groups is 2. The Morgan fingerprint density at radius 2 is 1.96 bits per heavy atom. The molecule has 0 aliphatic heterocycles. The number of hydrogen-bond acceptors (Lipinski definition) is 5. The number of rotatable bonds is 4. The van der Waals surface area contributed by atoms with Gasteiger partial charge in [0.15, 0.2) is 17.1 Å². The number of aliphatic hydroxyl groups excluding tert-OH is 2. The van der Waals surface area contributed by atoms with Crippen molar-refractivity contribution in [3.05, 3.63) is 0 Å². The summed E-state index contributed by atoms with van der Waals surface area (Å²) in [6, 6.07) is 0. The zero-order chi connectivity index (χ0) is 21.1. The molecule has 0 saturated heterocycles. The number of halogens is 2. The highest BCUT2D eigenvalue weighted by Gasteiger charge is 2.76. The zero-order valence-electron chi connectivity index (χ0n) is 16.3. The van der Waals surface area contributed by atoms with Gasteiger partial charge in [0.1, 0.15) is 5.78 Å². The third-order valence-electron chi connectivity index (χ3n) is 8.24. The van der Waals surface area contributed by atoms with Gasteiger partial charge >= 0.3 is 0 Å². The molecule has 156 valence electrons. The lowest BCUT2D eigenvalue weighted by atomic mass is 9.45. The molecule has 0 spiro atoms. The molecule has 7 heteroatoms. The average molecular weight is 415 g/mol. The maximum Gasteiger partial charge on any atom is 0.182 e. The third kappa shape index (κ3) is 2.37. The fourth-order valence-electron chi connectivity index (χ4n) is 6.56. The second kappa shape index (κ2) is 6.77. The van der Waals surface area contributed by atoms with E-state index in [1.54, 1.807) is 6.92 Å². The van der Waals surface area contributed by atoms with E-state index >= 15 is 4.39 Å². The Kier molecular flexibility index (Phi) is 5.25. The predicted molar refractivity (Wildman–Crippen MR) is 101 cm³/mol. The van der Waals surface area contributed by atoms with Crippen LogP contribution in [0.5, 0.6) is 0 Å². The van der Waals surface area contributed by atoms with Crippen LogP contribution in [0.4, 0.5) is 4.39 Å². The van der Waals surface area contributed by atoms with Crippen molar-refractivity contribution in [2.75, 3.05) is 5.88 Å². The first-order valence-corrected chi connectivity index (χ1v) is 10.3. The summed E-state index contributed by atoms with van der Waals surface area (Å²) in [4.78, 5) is 25.2. The van der Waals surface area contributed by atoms with Crippen molar-refractivity contribution in [3.63, 3.8) is 0 Å². The monoisotopic (exact) mass is 414 g/mol. The third-order valence-corrected chi connectivity index (χ3v) is 8.48. The average Bonchev–Trinajstić information content (AvgIpc) is 2.85. The molecule has 5 nitrogen and oxygen atoms in total. The minimum atomic E-state index is -2.24. The fourth-order valence-corrected chi connectivity index (χ4v) is 6.77. The van der Waals surface area contributed by atoms with Crippen LogP contribution < -0.4 is 0 Å². The Bertz CT molecular complexity index is 737. The number of carbonyl (C=O) groups excluding carboxylic acids is 2. The molecule has 28 heavy (non-hydrogen) atoms. The van der Waals surface area contributed by atoms with Crippen LogP contribution in [0.25, 0.3) is 0 Å². The van der Waals surface area contributed by atoms with Crippen LogP contribution in [0, 0.1) is 35.0 Å². The molecule has 3 aliphatic carbocycles. The molecule has 0 radical (unpaired) electrons. The Balaban J connectivity index is 2.11. The summed E-state index contributed by atoms with van der Waals surface area (Å²) < 4.78 is 16.7. The summed E-state index contributed by atoms with van der Waals surface area (Å²) in [5, 5.41) is 32.8. The number of aliphatic hydroxyl groups is 3. The lowest BCUT2D eigenvalue weighted by molar-refractivity contribution is -0.233. The van der Waals surface area contributed by atoms with Crippen LogP contribution in [0.2, 0.25) is 0 Å². The second-order valence-corrected chi connectivity index (χ2v) is 9.46. The summed E-state index contributed by atoms with van der Waals surface area (Å²) in [5.41, 5.74) is -7.09. The lowest BCUT2D eigenvalue weighted by Gasteiger charge is -2.61. The Hall–Kier alpha value is -1.00. The molecule has 0 aromatic heterocycles. The molecule has 3 rings (SSSR count). The normalized spacial score (nSPS) is 50.6. The highest BCUT2D eigenvalue weighted by Crippen LogP contribution is 2.68. The fraction of sp³-hybridized carbons (Fsp3) is 0.810. The number of ketones is 2. The van der Waals surface area contributed by atoms with Gasteiger partial charge in [-0.25, -0.2) is 4.39 Å². The number of terminal acetylenes is 1. The Morgan fingerprint density at radius 3 is 2.54 bits per heavy atom. The molecule has 1 unspecified atom stereocenters. The molecule has 0 aromatic carbocycles. The van der Waals surface area contributed by atoms with Crippen LogP contribution in [0.1, 0.15) is 52.4 Å². The van der Waals surface area contributed by atoms with E-state index in [4.69, 9.17) is 18.0 Å². The van der Waals surface area contributed by atoms with E-state index in [1.165, 1.54) is 6.92 Å². The summed E-state index contributed by atoms with van der Waals surface area (Å²) in [6.07, 6.45) is 2.76. The second-order valence-electron chi connectivity index (χ2n) is 9.19. The highest BCUT2D eigenvalue weighted by atomic mass is 35.5. The lowest BCUT2D eigenvalue weighted by Crippen LogP contribution is -2.71. The van der Waals surface area contributed by atoms with Gasteiger partial charge in [0, 0.05) is 24.2 Å². The topological polar surface area (TPSA) is 94.8 Å². The molecule has 0 heterocycles. The zero-order valence-corrected chi connectivity index (χ0v) is 17.0. The number of fused-ring (bicyclic) bond motifs is 3. The van der Waals surface area contributed by atoms with Crippen LogP contribution >= 0.6 is 11.6 Å². The van der Waals surface area contributed by atoms with Gasteiger partial charge in [-0.15, -0.1) is 23.9 Å². The Labute approximate surface area is 169 Å². The molecular weight excluding hydrogens is 387 g/mol. The van der Waals surface area contributed by atoms with E-state index < -0.39 is 57.8 Å². The first kappa shape index (κ1) is 21.7. The largest absolute Gasteiger partial charge is 0.390 e. The van der Waals surface area contributed by atoms with Crippen molar-refractivity contribution in [2.45, 2.75) is 75.9 Å². The molecule has 8 atom stereocenters. The van der Waals surface area contributed by atoms with Crippen molar-refractivity contribution in [1.29, 1.82) is 0 Å². The van der Waals surface area contributed by atoms with E-state index in [9.17, 15) is 24.9 Å². The predicted octanol–water partition coefficient (Wildman–Crippen LogP) is 1.78. The number of Topliss-reactive ketones (excluding diaryl/α,β-unsaturated/α-hetero) is 2. The molecule has 0 aromatic rings. The molecule has 0 amide bonds. The maximum atomic E-state index is 16.7. The van der Waals surface area contributed by atoms with Gasteiger partial charge < -0.3 is 15.3 Å². The van der Waals surface area contributed by atoms with Crippen LogP contribution in [0.15, 0.2) is 0 Å². The summed E-state index contributed by atoms with van der Waals surface area (Å²) in [5.74, 6) is -0.405.